The summed E-state index contributed by atoms with van der Waals surface area (Å²) in [4.78, 5) is 25.7. The van der Waals surface area contributed by atoms with E-state index in [1.807, 2.05) is 7.05 Å². The molecule has 0 aromatic carbocycles. The number of pyridine rings is 1. The van der Waals surface area contributed by atoms with Crippen molar-refractivity contribution in [2.75, 3.05) is 20.1 Å². The molecule has 1 unspecified atom stereocenters. The van der Waals surface area contributed by atoms with Crippen molar-refractivity contribution in [1.82, 2.24) is 14.8 Å². The van der Waals surface area contributed by atoms with Crippen molar-refractivity contribution in [1.29, 1.82) is 0 Å². The first-order valence-corrected chi connectivity index (χ1v) is 6.74. The van der Waals surface area contributed by atoms with Gasteiger partial charge in [0, 0.05) is 38.0 Å². The minimum atomic E-state index is -0.151. The maximum atomic E-state index is 12.4. The Morgan fingerprint density at radius 1 is 1.42 bits per heavy atom. The van der Waals surface area contributed by atoms with Gasteiger partial charge in [0.2, 0.25) is 0 Å². The molecule has 2 heterocycles. The van der Waals surface area contributed by atoms with Crippen LogP contribution in [0.2, 0.25) is 0 Å². The molecular weight excluding hydrogens is 242 g/mol. The maximum absolute atomic E-state index is 12.4. The third kappa shape index (κ3) is 3.23. The number of carbonyl (C=O) groups excluding carboxylic acids is 1. The van der Waals surface area contributed by atoms with Crippen molar-refractivity contribution in [3.63, 3.8) is 0 Å². The van der Waals surface area contributed by atoms with Gasteiger partial charge in [-0.15, -0.1) is 0 Å². The minimum Gasteiger partial charge on any atom is -0.339 e. The Morgan fingerprint density at radius 3 is 2.95 bits per heavy atom. The lowest BCUT2D eigenvalue weighted by atomic mass is 10.1. The second-order valence-corrected chi connectivity index (χ2v) is 5.12. The summed E-state index contributed by atoms with van der Waals surface area (Å²) in [5.41, 5.74) is 0.324. The van der Waals surface area contributed by atoms with Gasteiger partial charge < -0.3 is 14.8 Å². The van der Waals surface area contributed by atoms with E-state index in [9.17, 15) is 9.59 Å². The van der Waals surface area contributed by atoms with E-state index in [0.717, 1.165) is 32.4 Å². The molecule has 1 aromatic heterocycles. The van der Waals surface area contributed by atoms with Crippen LogP contribution in [0.5, 0.6) is 0 Å². The van der Waals surface area contributed by atoms with E-state index < -0.39 is 0 Å². The highest BCUT2D eigenvalue weighted by Gasteiger charge is 2.22. The normalized spacial score (nSPS) is 19.8. The van der Waals surface area contributed by atoms with Gasteiger partial charge >= 0.3 is 0 Å². The number of carbonyl (C=O) groups is 1. The van der Waals surface area contributed by atoms with Crippen molar-refractivity contribution in [2.24, 2.45) is 7.05 Å². The molecule has 1 aromatic rings. The number of aryl methyl sites for hydroxylation is 1. The first-order valence-electron chi connectivity index (χ1n) is 6.74. The maximum Gasteiger partial charge on any atom is 0.254 e. The topological polar surface area (TPSA) is 54.3 Å². The largest absolute Gasteiger partial charge is 0.339 e. The summed E-state index contributed by atoms with van der Waals surface area (Å²) in [6.45, 7) is 1.96. The van der Waals surface area contributed by atoms with Crippen LogP contribution in [0.1, 0.15) is 29.6 Å². The first-order chi connectivity index (χ1) is 9.09. The number of nitrogens with one attached hydrogen (secondary N) is 1. The fourth-order valence-electron chi connectivity index (χ4n) is 2.44. The van der Waals surface area contributed by atoms with Gasteiger partial charge in [0.25, 0.3) is 11.5 Å². The van der Waals surface area contributed by atoms with Crippen molar-refractivity contribution in [3.05, 3.63) is 34.2 Å². The highest BCUT2D eigenvalue weighted by molar-refractivity contribution is 5.94. The third-order valence-electron chi connectivity index (χ3n) is 3.76. The smallest absolute Gasteiger partial charge is 0.254 e. The van der Waals surface area contributed by atoms with Crippen LogP contribution in [0, 0.1) is 0 Å². The molecule has 0 radical (unpaired) electrons. The van der Waals surface area contributed by atoms with E-state index in [0.29, 0.717) is 5.56 Å². The van der Waals surface area contributed by atoms with Crippen molar-refractivity contribution < 1.29 is 4.79 Å². The Kier molecular flexibility index (Phi) is 4.37. The number of hydrogen-bond donors (Lipinski definition) is 1. The Hall–Kier alpha value is -1.62. The van der Waals surface area contributed by atoms with Crippen LogP contribution in [-0.2, 0) is 7.05 Å². The highest BCUT2D eigenvalue weighted by atomic mass is 16.2. The molecule has 5 heteroatoms. The van der Waals surface area contributed by atoms with Gasteiger partial charge in [-0.2, -0.15) is 0 Å². The first kappa shape index (κ1) is 13.8. The summed E-state index contributed by atoms with van der Waals surface area (Å²) in [6.07, 6.45) is 4.70. The molecule has 1 aliphatic rings. The van der Waals surface area contributed by atoms with Gasteiger partial charge in [-0.05, 0) is 38.4 Å². The Morgan fingerprint density at radius 2 is 2.21 bits per heavy atom. The van der Waals surface area contributed by atoms with Gasteiger partial charge in [0.1, 0.15) is 0 Å². The summed E-state index contributed by atoms with van der Waals surface area (Å²) < 4.78 is 1.46. The zero-order valence-electron chi connectivity index (χ0n) is 11.6. The molecule has 0 spiro atoms. The summed E-state index contributed by atoms with van der Waals surface area (Å²) in [5, 5.41) is 3.34. The minimum absolute atomic E-state index is 0.0652. The number of nitrogens with zero attached hydrogens (tertiary/aromatic N) is 2. The number of hydrogen-bond acceptors (Lipinski definition) is 3. The second-order valence-electron chi connectivity index (χ2n) is 5.12. The molecule has 0 saturated carbocycles. The van der Waals surface area contributed by atoms with E-state index in [4.69, 9.17) is 0 Å². The van der Waals surface area contributed by atoms with Crippen molar-refractivity contribution >= 4 is 5.91 Å². The van der Waals surface area contributed by atoms with Crippen LogP contribution < -0.4 is 10.9 Å². The van der Waals surface area contributed by atoms with E-state index in [2.05, 4.69) is 5.32 Å². The number of aromatic nitrogens is 1. The SMILES string of the molecule is CN(C(=O)c1ccn(C)c(=O)c1)C1CCCNCC1. The second kappa shape index (κ2) is 6.02. The molecule has 19 heavy (non-hydrogen) atoms. The van der Waals surface area contributed by atoms with Gasteiger partial charge in [0.05, 0.1) is 0 Å². The van der Waals surface area contributed by atoms with E-state index in [-0.39, 0.29) is 17.5 Å². The average molecular weight is 263 g/mol. The van der Waals surface area contributed by atoms with Gasteiger partial charge in [-0.1, -0.05) is 0 Å². The lowest BCUT2D eigenvalue weighted by molar-refractivity contribution is 0.0720. The van der Waals surface area contributed by atoms with Crippen LogP contribution in [0.4, 0.5) is 0 Å². The Balaban J connectivity index is 2.13. The molecule has 5 nitrogen and oxygen atoms in total. The Bertz CT molecular complexity index is 502. The van der Waals surface area contributed by atoms with Crippen LogP contribution in [0.25, 0.3) is 0 Å². The Labute approximate surface area is 113 Å². The third-order valence-corrected chi connectivity index (χ3v) is 3.76. The van der Waals surface area contributed by atoms with Crippen LogP contribution in [0.3, 0.4) is 0 Å². The summed E-state index contributed by atoms with van der Waals surface area (Å²) in [6, 6.07) is 3.37. The van der Waals surface area contributed by atoms with Gasteiger partial charge in [-0.25, -0.2) is 0 Å². The van der Waals surface area contributed by atoms with Crippen LogP contribution in [0.15, 0.2) is 23.1 Å². The number of rotatable bonds is 2. The van der Waals surface area contributed by atoms with E-state index >= 15 is 0 Å². The van der Waals surface area contributed by atoms with E-state index in [1.54, 1.807) is 24.2 Å². The van der Waals surface area contributed by atoms with Gasteiger partial charge in [-0.3, -0.25) is 9.59 Å². The van der Waals surface area contributed by atoms with Gasteiger partial charge in [0.15, 0.2) is 0 Å². The quantitative estimate of drug-likeness (QED) is 0.850. The molecule has 0 aliphatic carbocycles. The lowest BCUT2D eigenvalue weighted by Gasteiger charge is -2.27. The molecule has 0 bridgehead atoms. The van der Waals surface area contributed by atoms with Crippen LogP contribution >= 0.6 is 0 Å². The summed E-state index contributed by atoms with van der Waals surface area (Å²) in [5.74, 6) is -0.0652. The molecule has 1 N–H and O–H groups in total. The molecule has 1 amide bonds. The summed E-state index contributed by atoms with van der Waals surface area (Å²) >= 11 is 0. The standard InChI is InChI=1S/C14H21N3O2/c1-16-9-6-11(10-13(16)18)14(19)17(2)12-4-3-7-15-8-5-12/h6,9-10,12,15H,3-5,7-8H2,1-2H3. The summed E-state index contributed by atoms with van der Waals surface area (Å²) in [7, 11) is 3.51. The van der Waals surface area contributed by atoms with Crippen LogP contribution in [-0.4, -0.2) is 41.6 Å². The zero-order valence-corrected chi connectivity index (χ0v) is 11.6. The number of amides is 1. The molecule has 1 fully saturated rings. The van der Waals surface area contributed by atoms with Crippen molar-refractivity contribution in [3.8, 4) is 0 Å². The van der Waals surface area contributed by atoms with Crippen molar-refractivity contribution in [2.45, 2.75) is 25.3 Å². The molecule has 104 valence electrons. The zero-order chi connectivity index (χ0) is 13.8. The molecule has 1 atom stereocenters. The van der Waals surface area contributed by atoms with E-state index in [1.165, 1.54) is 10.6 Å². The highest BCUT2D eigenvalue weighted by Crippen LogP contribution is 2.14. The lowest BCUT2D eigenvalue weighted by Crippen LogP contribution is -2.38. The predicted octanol–water partition coefficient (Wildman–Crippen LogP) is 0.599. The fraction of sp³-hybridized carbons (Fsp3) is 0.571. The molecule has 1 saturated heterocycles. The molecule has 2 rings (SSSR count). The predicted molar refractivity (Wildman–Crippen MR) is 74.3 cm³/mol. The monoisotopic (exact) mass is 263 g/mol. The fourth-order valence-corrected chi connectivity index (χ4v) is 2.44. The average Bonchev–Trinajstić information content (AvgIpc) is 2.69. The molecule has 1 aliphatic heterocycles. The molecular formula is C14H21N3O2.